The summed E-state index contributed by atoms with van der Waals surface area (Å²) in [6.07, 6.45) is 2.43. The highest BCUT2D eigenvalue weighted by Gasteiger charge is 2.25. The van der Waals surface area contributed by atoms with Gasteiger partial charge in [0, 0.05) is 24.6 Å². The fraction of sp³-hybridized carbons (Fsp3) is 0.250. The van der Waals surface area contributed by atoms with E-state index in [9.17, 15) is 9.18 Å². The molecule has 2 aromatic carbocycles. The highest BCUT2D eigenvalue weighted by Crippen LogP contribution is 2.31. The Morgan fingerprint density at radius 1 is 1.29 bits per heavy atom. The number of anilines is 1. The SMILES string of the molecule is COc1ccc(F)cc1C(=O)NCc1ccc(-c2nc(C3CCNC3)n3ncnc(N)c23)cc1. The molecule has 4 aromatic rings. The Kier molecular flexibility index (Phi) is 5.81. The maximum absolute atomic E-state index is 13.6. The zero-order chi connectivity index (χ0) is 23.7. The first kappa shape index (κ1) is 21.8. The number of aromatic nitrogens is 4. The number of nitrogens with two attached hydrogens (primary N) is 1. The van der Waals surface area contributed by atoms with Crippen molar-refractivity contribution >= 4 is 17.2 Å². The average molecular weight is 462 g/mol. The lowest BCUT2D eigenvalue weighted by Crippen LogP contribution is -2.23. The van der Waals surface area contributed by atoms with Crippen LogP contribution in [-0.2, 0) is 6.54 Å². The van der Waals surface area contributed by atoms with Gasteiger partial charge in [0.15, 0.2) is 5.82 Å². The molecule has 0 radical (unpaired) electrons. The number of hydrogen-bond donors (Lipinski definition) is 3. The summed E-state index contributed by atoms with van der Waals surface area (Å²) in [5.41, 5.74) is 9.50. The Balaban J connectivity index is 1.38. The summed E-state index contributed by atoms with van der Waals surface area (Å²) in [5.74, 6) is 0.886. The number of nitrogen functional groups attached to an aromatic ring is 1. The van der Waals surface area contributed by atoms with Gasteiger partial charge in [0.2, 0.25) is 0 Å². The highest BCUT2D eigenvalue weighted by atomic mass is 19.1. The van der Waals surface area contributed by atoms with E-state index < -0.39 is 11.7 Å². The van der Waals surface area contributed by atoms with Crippen LogP contribution in [-0.4, -0.2) is 45.7 Å². The van der Waals surface area contributed by atoms with Gasteiger partial charge in [0.25, 0.3) is 5.91 Å². The van der Waals surface area contributed by atoms with Gasteiger partial charge in [-0.25, -0.2) is 18.9 Å². The second-order valence-electron chi connectivity index (χ2n) is 8.14. The minimum Gasteiger partial charge on any atom is -0.496 e. The summed E-state index contributed by atoms with van der Waals surface area (Å²) < 4.78 is 20.5. The molecule has 1 amide bonds. The molecule has 9 nitrogen and oxygen atoms in total. The first-order valence-corrected chi connectivity index (χ1v) is 11.0. The van der Waals surface area contributed by atoms with Crippen molar-refractivity contribution < 1.29 is 13.9 Å². The van der Waals surface area contributed by atoms with Crippen molar-refractivity contribution in [3.05, 3.63) is 71.6 Å². The van der Waals surface area contributed by atoms with Gasteiger partial charge in [-0.15, -0.1) is 0 Å². The van der Waals surface area contributed by atoms with Crippen LogP contribution < -0.4 is 21.1 Å². The van der Waals surface area contributed by atoms with Crippen molar-refractivity contribution in [3.8, 4) is 17.0 Å². The number of benzene rings is 2. The zero-order valence-corrected chi connectivity index (χ0v) is 18.6. The molecule has 2 aromatic heterocycles. The van der Waals surface area contributed by atoms with Gasteiger partial charge < -0.3 is 21.1 Å². The van der Waals surface area contributed by atoms with Crippen LogP contribution in [0.15, 0.2) is 48.8 Å². The van der Waals surface area contributed by atoms with Crippen LogP contribution in [0.25, 0.3) is 16.8 Å². The van der Waals surface area contributed by atoms with E-state index in [0.717, 1.165) is 48.2 Å². The maximum Gasteiger partial charge on any atom is 0.255 e. The number of nitrogens with one attached hydrogen (secondary N) is 2. The van der Waals surface area contributed by atoms with Crippen LogP contribution in [0.1, 0.15) is 34.1 Å². The van der Waals surface area contributed by atoms with Crippen LogP contribution in [0.2, 0.25) is 0 Å². The van der Waals surface area contributed by atoms with Gasteiger partial charge >= 0.3 is 0 Å². The molecule has 174 valence electrons. The van der Waals surface area contributed by atoms with Gasteiger partial charge in [-0.1, -0.05) is 24.3 Å². The molecule has 0 aliphatic carbocycles. The molecule has 1 unspecified atom stereocenters. The number of carbonyl (C=O) groups is 1. The fourth-order valence-electron chi connectivity index (χ4n) is 4.23. The molecule has 0 bridgehead atoms. The largest absolute Gasteiger partial charge is 0.496 e. The summed E-state index contributed by atoms with van der Waals surface area (Å²) in [5, 5.41) is 10.6. The van der Waals surface area contributed by atoms with Crippen LogP contribution in [0.3, 0.4) is 0 Å². The molecule has 1 aliphatic heterocycles. The highest BCUT2D eigenvalue weighted by molar-refractivity contribution is 5.96. The average Bonchev–Trinajstić information content (AvgIpc) is 3.52. The lowest BCUT2D eigenvalue weighted by molar-refractivity contribution is 0.0947. The molecule has 10 heteroatoms. The van der Waals surface area contributed by atoms with Gasteiger partial charge in [0.1, 0.15) is 34.9 Å². The number of nitrogens with zero attached hydrogens (tertiary/aromatic N) is 4. The molecule has 34 heavy (non-hydrogen) atoms. The van der Waals surface area contributed by atoms with Crippen molar-refractivity contribution in [1.82, 2.24) is 30.2 Å². The minimum absolute atomic E-state index is 0.146. The van der Waals surface area contributed by atoms with Crippen molar-refractivity contribution in [2.75, 3.05) is 25.9 Å². The number of imidazole rings is 1. The first-order chi connectivity index (χ1) is 16.5. The fourth-order valence-corrected chi connectivity index (χ4v) is 4.23. The molecule has 1 fully saturated rings. The van der Waals surface area contributed by atoms with Crippen molar-refractivity contribution in [2.24, 2.45) is 0 Å². The summed E-state index contributed by atoms with van der Waals surface area (Å²) >= 11 is 0. The van der Waals surface area contributed by atoms with E-state index in [1.54, 1.807) is 4.52 Å². The Morgan fingerprint density at radius 3 is 2.85 bits per heavy atom. The third-order valence-electron chi connectivity index (χ3n) is 6.00. The number of amides is 1. The van der Waals surface area contributed by atoms with E-state index in [1.165, 1.54) is 25.6 Å². The van der Waals surface area contributed by atoms with E-state index >= 15 is 0 Å². The van der Waals surface area contributed by atoms with E-state index in [-0.39, 0.29) is 18.0 Å². The van der Waals surface area contributed by atoms with Crippen LogP contribution in [0.4, 0.5) is 10.2 Å². The lowest BCUT2D eigenvalue weighted by Gasteiger charge is -2.10. The monoisotopic (exact) mass is 461 g/mol. The topological polar surface area (TPSA) is 119 Å². The molecule has 1 saturated heterocycles. The summed E-state index contributed by atoms with van der Waals surface area (Å²) in [4.78, 5) is 21.6. The molecule has 1 atom stereocenters. The van der Waals surface area contributed by atoms with Crippen molar-refractivity contribution in [3.63, 3.8) is 0 Å². The summed E-state index contributed by atoms with van der Waals surface area (Å²) in [6.45, 7) is 2.06. The van der Waals surface area contributed by atoms with E-state index in [1.807, 2.05) is 24.3 Å². The molecule has 3 heterocycles. The second kappa shape index (κ2) is 9.06. The predicted octanol–water partition coefficient (Wildman–Crippen LogP) is 2.53. The third kappa shape index (κ3) is 4.03. The zero-order valence-electron chi connectivity index (χ0n) is 18.6. The van der Waals surface area contributed by atoms with Crippen LogP contribution in [0, 0.1) is 5.82 Å². The van der Waals surface area contributed by atoms with Crippen molar-refractivity contribution in [2.45, 2.75) is 18.9 Å². The van der Waals surface area contributed by atoms with Gasteiger partial charge in [-0.3, -0.25) is 4.79 Å². The number of halogens is 1. The Labute approximate surface area is 195 Å². The number of methoxy groups -OCH3 is 1. The Hall–Kier alpha value is -4.05. The smallest absolute Gasteiger partial charge is 0.255 e. The molecule has 5 rings (SSSR count). The van der Waals surface area contributed by atoms with E-state index in [4.69, 9.17) is 15.5 Å². The quantitative estimate of drug-likeness (QED) is 0.404. The summed E-state index contributed by atoms with van der Waals surface area (Å²) in [6, 6.07) is 11.5. The first-order valence-electron chi connectivity index (χ1n) is 11.0. The predicted molar refractivity (Wildman–Crippen MR) is 125 cm³/mol. The number of hydrogen-bond acceptors (Lipinski definition) is 7. The second-order valence-corrected chi connectivity index (χ2v) is 8.14. The number of rotatable bonds is 6. The van der Waals surface area contributed by atoms with Gasteiger partial charge in [0.05, 0.1) is 12.7 Å². The molecule has 0 spiro atoms. The number of ether oxygens (including phenoxy) is 1. The molecular formula is C24H24FN7O2. The van der Waals surface area contributed by atoms with E-state index in [2.05, 4.69) is 20.7 Å². The lowest BCUT2D eigenvalue weighted by atomic mass is 10.1. The number of fused-ring (bicyclic) bond motifs is 1. The molecule has 1 aliphatic rings. The maximum atomic E-state index is 13.6. The Bertz CT molecular complexity index is 1350. The van der Waals surface area contributed by atoms with E-state index in [0.29, 0.717) is 17.1 Å². The summed E-state index contributed by atoms with van der Waals surface area (Å²) in [7, 11) is 1.44. The van der Waals surface area contributed by atoms with Crippen molar-refractivity contribution in [1.29, 1.82) is 0 Å². The molecule has 0 saturated carbocycles. The van der Waals surface area contributed by atoms with Gasteiger partial charge in [-0.05, 0) is 36.7 Å². The third-order valence-corrected chi connectivity index (χ3v) is 6.00. The van der Waals surface area contributed by atoms with Gasteiger partial charge in [-0.2, -0.15) is 5.10 Å². The normalized spacial score (nSPS) is 15.5. The molecular weight excluding hydrogens is 437 g/mol. The van der Waals surface area contributed by atoms with Crippen LogP contribution in [0.5, 0.6) is 5.75 Å². The Morgan fingerprint density at radius 2 is 2.12 bits per heavy atom. The minimum atomic E-state index is -0.501. The number of carbonyl (C=O) groups excluding carboxylic acids is 1. The molecule has 4 N–H and O–H groups in total. The van der Waals surface area contributed by atoms with Crippen LogP contribution >= 0.6 is 0 Å². The standard InChI is InChI=1S/C24H24FN7O2/c1-34-19-7-6-17(25)10-18(19)24(33)28-11-14-2-4-15(5-3-14)20-21-22(26)29-13-30-32(21)23(31-20)16-8-9-27-12-16/h2-7,10,13,16,27H,8-9,11-12H2,1H3,(H,28,33)(H2,26,29,30).